The minimum Gasteiger partial charge on any atom is -0.336 e. The largest absolute Gasteiger partial charge is 0.336 e. The third-order valence-electron chi connectivity index (χ3n) is 4.61. The Labute approximate surface area is 128 Å². The molecule has 2 aliphatic rings. The van der Waals surface area contributed by atoms with E-state index in [1.54, 1.807) is 6.07 Å². The van der Waals surface area contributed by atoms with E-state index in [2.05, 4.69) is 17.3 Å². The highest BCUT2D eigenvalue weighted by Crippen LogP contribution is 2.31. The first-order chi connectivity index (χ1) is 10.1. The second-order valence-electron chi connectivity index (χ2n) is 5.93. The fourth-order valence-corrected chi connectivity index (χ4v) is 4.22. The van der Waals surface area contributed by atoms with Crippen molar-refractivity contribution in [3.05, 3.63) is 16.3 Å². The molecule has 1 aromatic rings. The van der Waals surface area contributed by atoms with E-state index in [4.69, 9.17) is 0 Å². The molecule has 6 heteroatoms. The van der Waals surface area contributed by atoms with Crippen LogP contribution in [0.3, 0.4) is 0 Å². The number of anilines is 1. The Morgan fingerprint density at radius 2 is 2.05 bits per heavy atom. The third-order valence-corrected chi connectivity index (χ3v) is 5.51. The summed E-state index contributed by atoms with van der Waals surface area (Å²) in [4.78, 5) is 29.0. The first-order valence-corrected chi connectivity index (χ1v) is 8.30. The van der Waals surface area contributed by atoms with Gasteiger partial charge in [0, 0.05) is 32.1 Å². The van der Waals surface area contributed by atoms with Crippen LogP contribution in [-0.2, 0) is 4.79 Å². The Morgan fingerprint density at radius 3 is 2.81 bits per heavy atom. The molecule has 2 aliphatic heterocycles. The summed E-state index contributed by atoms with van der Waals surface area (Å²) < 4.78 is 0. The maximum absolute atomic E-state index is 12.8. The molecule has 3 heterocycles. The number of likely N-dealkylation sites (tertiary alicyclic amines) is 1. The fourth-order valence-electron chi connectivity index (χ4n) is 3.40. The first-order valence-electron chi connectivity index (χ1n) is 7.42. The highest BCUT2D eigenvalue weighted by molar-refractivity contribution is 7.12. The Bertz CT molecular complexity index is 557. The van der Waals surface area contributed by atoms with Crippen molar-refractivity contribution in [1.29, 1.82) is 0 Å². The molecule has 0 aliphatic carbocycles. The lowest BCUT2D eigenvalue weighted by Crippen LogP contribution is -2.39. The molecule has 2 saturated heterocycles. The Morgan fingerprint density at radius 1 is 1.29 bits per heavy atom. The molecule has 0 unspecified atom stereocenters. The summed E-state index contributed by atoms with van der Waals surface area (Å²) in [7, 11) is 2.17. The van der Waals surface area contributed by atoms with Gasteiger partial charge in [-0.15, -0.1) is 11.3 Å². The zero-order valence-corrected chi connectivity index (χ0v) is 13.3. The van der Waals surface area contributed by atoms with Crippen LogP contribution in [0.15, 0.2) is 11.4 Å². The summed E-state index contributed by atoms with van der Waals surface area (Å²) in [5, 5.41) is 4.60. The average molecular weight is 307 g/mol. The molecule has 3 rings (SSSR count). The van der Waals surface area contributed by atoms with Crippen molar-refractivity contribution < 1.29 is 9.59 Å². The number of nitrogens with one attached hydrogen (secondary N) is 1. The molecule has 0 saturated carbocycles. The molecule has 21 heavy (non-hydrogen) atoms. The van der Waals surface area contributed by atoms with Gasteiger partial charge in [-0.3, -0.25) is 14.5 Å². The van der Waals surface area contributed by atoms with Gasteiger partial charge in [0.25, 0.3) is 5.91 Å². The fraction of sp³-hybridized carbons (Fsp3) is 0.600. The summed E-state index contributed by atoms with van der Waals surface area (Å²) in [5.74, 6) is -0.0909. The van der Waals surface area contributed by atoms with E-state index in [1.165, 1.54) is 31.1 Å². The normalized spacial score (nSPS) is 25.7. The average Bonchev–Trinajstić information content (AvgIpc) is 2.94. The molecule has 114 valence electrons. The monoisotopic (exact) mass is 307 g/mol. The summed E-state index contributed by atoms with van der Waals surface area (Å²) in [5.41, 5.74) is 0.639. The number of hydrogen-bond donors (Lipinski definition) is 1. The van der Waals surface area contributed by atoms with Crippen LogP contribution in [-0.4, -0.2) is 53.8 Å². The summed E-state index contributed by atoms with van der Waals surface area (Å²) in [6.45, 7) is 3.07. The van der Waals surface area contributed by atoms with E-state index < -0.39 is 0 Å². The van der Waals surface area contributed by atoms with Gasteiger partial charge in [-0.25, -0.2) is 0 Å². The minimum absolute atomic E-state index is 0.0506. The van der Waals surface area contributed by atoms with Crippen molar-refractivity contribution in [3.8, 4) is 0 Å². The van der Waals surface area contributed by atoms with Crippen LogP contribution in [0, 0.1) is 0 Å². The van der Waals surface area contributed by atoms with Crippen LogP contribution in [0.1, 0.15) is 35.9 Å². The molecule has 0 radical (unpaired) electrons. The second kappa shape index (κ2) is 5.77. The first kappa shape index (κ1) is 14.5. The molecule has 0 aromatic carbocycles. The van der Waals surface area contributed by atoms with Gasteiger partial charge < -0.3 is 10.2 Å². The number of rotatable bonds is 2. The van der Waals surface area contributed by atoms with Crippen LogP contribution in [0.25, 0.3) is 0 Å². The van der Waals surface area contributed by atoms with Crippen molar-refractivity contribution in [3.63, 3.8) is 0 Å². The van der Waals surface area contributed by atoms with Gasteiger partial charge in [-0.05, 0) is 37.8 Å². The number of amides is 2. The van der Waals surface area contributed by atoms with Crippen molar-refractivity contribution >= 4 is 28.8 Å². The highest BCUT2D eigenvalue weighted by Gasteiger charge is 2.36. The van der Waals surface area contributed by atoms with E-state index in [9.17, 15) is 9.59 Å². The summed E-state index contributed by atoms with van der Waals surface area (Å²) >= 11 is 1.40. The molecule has 2 fully saturated rings. The Kier molecular flexibility index (Phi) is 3.99. The number of thiophene rings is 1. The standard InChI is InChI=1S/C15H21N3O2S/c1-10(19)16-13-6-8-21-14(13)15(20)18-7-5-11-3-4-12(9-18)17(11)2/h6,8,11-12H,3-5,7,9H2,1-2H3,(H,16,19)/t11-,12+/m1/s1. The smallest absolute Gasteiger partial charge is 0.266 e. The topological polar surface area (TPSA) is 52.7 Å². The van der Waals surface area contributed by atoms with E-state index in [1.807, 2.05) is 10.3 Å². The predicted octanol–water partition coefficient (Wildman–Crippen LogP) is 2.02. The molecule has 2 amide bonds. The van der Waals surface area contributed by atoms with E-state index >= 15 is 0 Å². The lowest BCUT2D eigenvalue weighted by Gasteiger charge is -2.25. The van der Waals surface area contributed by atoms with Crippen LogP contribution in [0.5, 0.6) is 0 Å². The molecule has 2 atom stereocenters. The Hall–Kier alpha value is -1.40. The quantitative estimate of drug-likeness (QED) is 0.909. The van der Waals surface area contributed by atoms with Gasteiger partial charge in [-0.1, -0.05) is 0 Å². The SMILES string of the molecule is CC(=O)Nc1ccsc1C(=O)N1CC[C@H]2CC[C@@H](C1)N2C. The molecular weight excluding hydrogens is 286 g/mol. The van der Waals surface area contributed by atoms with Gasteiger partial charge in [0.2, 0.25) is 5.91 Å². The molecule has 0 spiro atoms. The van der Waals surface area contributed by atoms with Crippen LogP contribution in [0.4, 0.5) is 5.69 Å². The lowest BCUT2D eigenvalue weighted by molar-refractivity contribution is -0.114. The van der Waals surface area contributed by atoms with Crippen LogP contribution < -0.4 is 5.32 Å². The second-order valence-corrected chi connectivity index (χ2v) is 6.85. The van der Waals surface area contributed by atoms with Crippen molar-refractivity contribution in [2.24, 2.45) is 0 Å². The zero-order valence-electron chi connectivity index (χ0n) is 12.5. The number of carbonyl (C=O) groups excluding carboxylic acids is 2. The van der Waals surface area contributed by atoms with Crippen LogP contribution >= 0.6 is 11.3 Å². The van der Waals surface area contributed by atoms with Crippen molar-refractivity contribution in [2.45, 2.75) is 38.3 Å². The third kappa shape index (κ3) is 2.82. The number of likely N-dealkylation sites (N-methyl/N-ethyl adjacent to an activating group) is 1. The molecule has 1 N–H and O–H groups in total. The number of hydrogen-bond acceptors (Lipinski definition) is 4. The molecule has 1 aromatic heterocycles. The van der Waals surface area contributed by atoms with Gasteiger partial charge in [0.15, 0.2) is 0 Å². The minimum atomic E-state index is -0.142. The van der Waals surface area contributed by atoms with E-state index in [0.29, 0.717) is 22.6 Å². The number of fused-ring (bicyclic) bond motifs is 2. The van der Waals surface area contributed by atoms with Gasteiger partial charge in [0.05, 0.1) is 5.69 Å². The summed E-state index contributed by atoms with van der Waals surface area (Å²) in [6, 6.07) is 2.90. The van der Waals surface area contributed by atoms with E-state index in [-0.39, 0.29) is 11.8 Å². The maximum atomic E-state index is 12.8. The summed E-state index contributed by atoms with van der Waals surface area (Å²) in [6.07, 6.45) is 3.47. The predicted molar refractivity (Wildman–Crippen MR) is 83.7 cm³/mol. The van der Waals surface area contributed by atoms with Crippen molar-refractivity contribution in [2.75, 3.05) is 25.5 Å². The molecule has 5 nitrogen and oxygen atoms in total. The Balaban J connectivity index is 1.76. The zero-order chi connectivity index (χ0) is 15.0. The molecular formula is C15H21N3O2S. The highest BCUT2D eigenvalue weighted by atomic mass is 32.1. The number of nitrogens with zero attached hydrogens (tertiary/aromatic N) is 2. The van der Waals surface area contributed by atoms with Crippen LogP contribution in [0.2, 0.25) is 0 Å². The van der Waals surface area contributed by atoms with Gasteiger partial charge in [0.1, 0.15) is 4.88 Å². The maximum Gasteiger partial charge on any atom is 0.266 e. The number of carbonyl (C=O) groups is 2. The van der Waals surface area contributed by atoms with Gasteiger partial charge >= 0.3 is 0 Å². The lowest BCUT2D eigenvalue weighted by atomic mass is 10.1. The van der Waals surface area contributed by atoms with Gasteiger partial charge in [-0.2, -0.15) is 0 Å². The van der Waals surface area contributed by atoms with Crippen molar-refractivity contribution in [1.82, 2.24) is 9.80 Å². The van der Waals surface area contributed by atoms with E-state index in [0.717, 1.165) is 19.5 Å². The molecule has 2 bridgehead atoms.